The van der Waals surface area contributed by atoms with Gasteiger partial charge in [-0.3, -0.25) is 14.5 Å². The first-order valence-electron chi connectivity index (χ1n) is 6.44. The van der Waals surface area contributed by atoms with Crippen LogP contribution in [-0.2, 0) is 6.54 Å². The van der Waals surface area contributed by atoms with Crippen LogP contribution in [0.4, 0.5) is 0 Å². The smallest absolute Gasteiger partial charge is 0.153 e. The molecule has 3 rings (SSSR count). The van der Waals surface area contributed by atoms with E-state index in [1.165, 1.54) is 0 Å². The highest BCUT2D eigenvalue weighted by Crippen LogP contribution is 2.20. The lowest BCUT2D eigenvalue weighted by atomic mass is 10.1. The van der Waals surface area contributed by atoms with Crippen molar-refractivity contribution in [3.05, 3.63) is 71.1 Å². The van der Waals surface area contributed by atoms with Crippen molar-refractivity contribution >= 4 is 17.9 Å². The van der Waals surface area contributed by atoms with Gasteiger partial charge in [0.15, 0.2) is 6.29 Å². The van der Waals surface area contributed by atoms with Crippen LogP contribution in [0.25, 0.3) is 11.3 Å². The van der Waals surface area contributed by atoms with Gasteiger partial charge in [-0.15, -0.1) is 0 Å². The van der Waals surface area contributed by atoms with Gasteiger partial charge < -0.3 is 0 Å². The first kappa shape index (κ1) is 13.5. The Morgan fingerprint density at radius 3 is 2.67 bits per heavy atom. The maximum Gasteiger partial charge on any atom is 0.153 e. The number of benzene rings is 1. The van der Waals surface area contributed by atoms with Gasteiger partial charge in [0.05, 0.1) is 12.1 Å². The van der Waals surface area contributed by atoms with Gasteiger partial charge in [0, 0.05) is 29.2 Å². The van der Waals surface area contributed by atoms with Gasteiger partial charge in [-0.05, 0) is 29.8 Å². The molecular formula is C16H12ClN3O. The standard InChI is InChI=1S/C16H12ClN3O/c17-15-5-3-12(4-6-15)9-20-10-14(11-21)16(19-20)13-2-1-7-18-8-13/h1-8,10-11H,9H2. The third-order valence-electron chi connectivity index (χ3n) is 3.11. The monoisotopic (exact) mass is 297 g/mol. The van der Waals surface area contributed by atoms with Crippen molar-refractivity contribution in [1.29, 1.82) is 0 Å². The predicted octanol–water partition coefficient (Wildman–Crippen LogP) is 3.46. The fraction of sp³-hybridized carbons (Fsp3) is 0.0625. The molecule has 21 heavy (non-hydrogen) atoms. The summed E-state index contributed by atoms with van der Waals surface area (Å²) in [6.45, 7) is 0.582. The van der Waals surface area contributed by atoms with E-state index < -0.39 is 0 Å². The number of aromatic nitrogens is 3. The molecular weight excluding hydrogens is 286 g/mol. The molecule has 0 aliphatic rings. The quantitative estimate of drug-likeness (QED) is 0.693. The maximum absolute atomic E-state index is 11.2. The number of rotatable bonds is 4. The molecule has 3 aromatic rings. The van der Waals surface area contributed by atoms with E-state index >= 15 is 0 Å². The van der Waals surface area contributed by atoms with Crippen LogP contribution in [0.5, 0.6) is 0 Å². The summed E-state index contributed by atoms with van der Waals surface area (Å²) in [7, 11) is 0. The number of hydrogen-bond donors (Lipinski definition) is 0. The van der Waals surface area contributed by atoms with Crippen LogP contribution >= 0.6 is 11.6 Å². The second-order valence-corrected chi connectivity index (χ2v) is 5.05. The van der Waals surface area contributed by atoms with E-state index in [0.29, 0.717) is 22.8 Å². The van der Waals surface area contributed by atoms with Crippen LogP contribution in [0.3, 0.4) is 0 Å². The van der Waals surface area contributed by atoms with Crippen molar-refractivity contribution in [2.24, 2.45) is 0 Å². The Kier molecular flexibility index (Phi) is 3.79. The second kappa shape index (κ2) is 5.89. The van der Waals surface area contributed by atoms with Crippen molar-refractivity contribution in [2.45, 2.75) is 6.54 Å². The molecule has 0 aliphatic carbocycles. The minimum atomic E-state index is 0.553. The molecule has 0 N–H and O–H groups in total. The lowest BCUT2D eigenvalue weighted by Crippen LogP contribution is -2.00. The third kappa shape index (κ3) is 3.01. The van der Waals surface area contributed by atoms with Gasteiger partial charge in [-0.25, -0.2) is 0 Å². The number of nitrogens with zero attached hydrogens (tertiary/aromatic N) is 3. The molecule has 0 aliphatic heterocycles. The van der Waals surface area contributed by atoms with Crippen molar-refractivity contribution in [2.75, 3.05) is 0 Å². The van der Waals surface area contributed by atoms with Crippen LogP contribution in [0.15, 0.2) is 55.0 Å². The summed E-state index contributed by atoms with van der Waals surface area (Å²) in [5.41, 5.74) is 3.09. The molecule has 2 aromatic heterocycles. The molecule has 2 heterocycles. The molecule has 0 saturated heterocycles. The van der Waals surface area contributed by atoms with E-state index in [1.807, 2.05) is 36.4 Å². The fourth-order valence-electron chi connectivity index (χ4n) is 2.11. The molecule has 0 spiro atoms. The van der Waals surface area contributed by atoms with Crippen molar-refractivity contribution < 1.29 is 4.79 Å². The topological polar surface area (TPSA) is 47.8 Å². The Morgan fingerprint density at radius 1 is 1.19 bits per heavy atom. The molecule has 0 saturated carbocycles. The lowest BCUT2D eigenvalue weighted by molar-refractivity contribution is 0.112. The number of hydrogen-bond acceptors (Lipinski definition) is 3. The third-order valence-corrected chi connectivity index (χ3v) is 3.36. The molecule has 0 atom stereocenters. The van der Waals surface area contributed by atoms with Crippen LogP contribution in [0.2, 0.25) is 5.02 Å². The largest absolute Gasteiger partial charge is 0.298 e. The summed E-state index contributed by atoms with van der Waals surface area (Å²) in [4.78, 5) is 15.3. The molecule has 4 nitrogen and oxygen atoms in total. The zero-order chi connectivity index (χ0) is 14.7. The molecule has 0 bridgehead atoms. The van der Waals surface area contributed by atoms with Gasteiger partial charge in [-0.2, -0.15) is 5.10 Å². The highest BCUT2D eigenvalue weighted by molar-refractivity contribution is 6.30. The number of pyridine rings is 1. The Balaban J connectivity index is 1.92. The average molecular weight is 298 g/mol. The first-order chi connectivity index (χ1) is 10.3. The van der Waals surface area contributed by atoms with Crippen LogP contribution in [0, 0.1) is 0 Å². The van der Waals surface area contributed by atoms with Gasteiger partial charge in [0.2, 0.25) is 0 Å². The van der Waals surface area contributed by atoms with E-state index in [2.05, 4.69) is 10.1 Å². The van der Waals surface area contributed by atoms with Gasteiger partial charge in [0.1, 0.15) is 5.69 Å². The van der Waals surface area contributed by atoms with Crippen molar-refractivity contribution in [1.82, 2.24) is 14.8 Å². The summed E-state index contributed by atoms with van der Waals surface area (Å²) in [5, 5.41) is 5.18. The van der Waals surface area contributed by atoms with E-state index in [0.717, 1.165) is 17.4 Å². The molecule has 104 valence electrons. The zero-order valence-corrected chi connectivity index (χ0v) is 11.9. The minimum Gasteiger partial charge on any atom is -0.298 e. The molecule has 0 radical (unpaired) electrons. The first-order valence-corrected chi connectivity index (χ1v) is 6.81. The van der Waals surface area contributed by atoms with Crippen LogP contribution in [0.1, 0.15) is 15.9 Å². The molecule has 1 aromatic carbocycles. The lowest BCUT2D eigenvalue weighted by Gasteiger charge is -2.02. The normalized spacial score (nSPS) is 10.5. The Bertz CT molecular complexity index is 751. The molecule has 5 heteroatoms. The summed E-state index contributed by atoms with van der Waals surface area (Å²) >= 11 is 5.87. The SMILES string of the molecule is O=Cc1cn(Cc2ccc(Cl)cc2)nc1-c1cccnc1. The number of halogens is 1. The van der Waals surface area contributed by atoms with Crippen molar-refractivity contribution in [3.8, 4) is 11.3 Å². The number of carbonyl (C=O) groups is 1. The van der Waals surface area contributed by atoms with E-state index in [9.17, 15) is 4.79 Å². The van der Waals surface area contributed by atoms with Gasteiger partial charge in [0.25, 0.3) is 0 Å². The van der Waals surface area contributed by atoms with Crippen LogP contribution in [-0.4, -0.2) is 21.1 Å². The molecule has 0 amide bonds. The average Bonchev–Trinajstić information content (AvgIpc) is 2.93. The zero-order valence-electron chi connectivity index (χ0n) is 11.1. The van der Waals surface area contributed by atoms with Crippen LogP contribution < -0.4 is 0 Å². The second-order valence-electron chi connectivity index (χ2n) is 4.62. The summed E-state index contributed by atoms with van der Waals surface area (Å²) in [6, 6.07) is 11.3. The molecule has 0 unspecified atom stereocenters. The predicted molar refractivity (Wildman–Crippen MR) is 81.4 cm³/mol. The maximum atomic E-state index is 11.2. The Labute approximate surface area is 127 Å². The number of carbonyl (C=O) groups excluding carboxylic acids is 1. The highest BCUT2D eigenvalue weighted by Gasteiger charge is 2.10. The van der Waals surface area contributed by atoms with Gasteiger partial charge >= 0.3 is 0 Å². The van der Waals surface area contributed by atoms with E-state index in [4.69, 9.17) is 11.6 Å². The summed E-state index contributed by atoms with van der Waals surface area (Å²) < 4.78 is 1.75. The van der Waals surface area contributed by atoms with E-state index in [-0.39, 0.29) is 0 Å². The summed E-state index contributed by atoms with van der Waals surface area (Å²) in [6.07, 6.45) is 5.94. The van der Waals surface area contributed by atoms with E-state index in [1.54, 1.807) is 23.3 Å². The number of aldehydes is 1. The minimum absolute atomic E-state index is 0.553. The van der Waals surface area contributed by atoms with Crippen molar-refractivity contribution in [3.63, 3.8) is 0 Å². The highest BCUT2D eigenvalue weighted by atomic mass is 35.5. The summed E-state index contributed by atoms with van der Waals surface area (Å²) in [5.74, 6) is 0. The fourth-order valence-corrected chi connectivity index (χ4v) is 2.23. The van der Waals surface area contributed by atoms with Gasteiger partial charge in [-0.1, -0.05) is 23.7 Å². The molecule has 0 fully saturated rings. The Hall–Kier alpha value is -2.46. The Morgan fingerprint density at radius 2 is 2.00 bits per heavy atom.